The number of aromatic nitrogens is 4. The Morgan fingerprint density at radius 3 is 2.15 bits per heavy atom. The first kappa shape index (κ1) is 32.9. The van der Waals surface area contributed by atoms with E-state index in [2.05, 4.69) is 103 Å². The predicted molar refractivity (Wildman–Crippen MR) is 191 cm³/mol. The van der Waals surface area contributed by atoms with Crippen LogP contribution in [0.25, 0.3) is 56.0 Å². The molecule has 8 rings (SSSR count). The molecule has 5 nitrogen and oxygen atoms in total. The summed E-state index contributed by atoms with van der Waals surface area (Å²) < 4.78 is 10.4. The van der Waals surface area contributed by atoms with Crippen LogP contribution >= 0.6 is 0 Å². The molecule has 0 amide bonds. The summed E-state index contributed by atoms with van der Waals surface area (Å²) in [4.78, 5) is 9.36. The molecule has 241 valence electrons. The maximum absolute atomic E-state index is 5.93. The van der Waals surface area contributed by atoms with E-state index in [9.17, 15) is 0 Å². The van der Waals surface area contributed by atoms with Crippen molar-refractivity contribution in [3.05, 3.63) is 157 Å². The third-order valence-corrected chi connectivity index (χ3v) is 8.40. The number of benzene rings is 4. The molecule has 4 aromatic carbocycles. The van der Waals surface area contributed by atoms with E-state index in [-0.39, 0.29) is 20.1 Å². The molecule has 4 heterocycles. The summed E-state index contributed by atoms with van der Waals surface area (Å²) in [6, 6.07) is 42.1. The maximum Gasteiger partial charge on any atom is 0.0774 e. The van der Waals surface area contributed by atoms with Gasteiger partial charge in [-0.05, 0) is 65.1 Å². The van der Waals surface area contributed by atoms with Crippen molar-refractivity contribution in [2.24, 2.45) is 0 Å². The van der Waals surface area contributed by atoms with Crippen molar-refractivity contribution < 1.29 is 24.5 Å². The van der Waals surface area contributed by atoms with Gasteiger partial charge in [0.2, 0.25) is 0 Å². The third-order valence-electron chi connectivity index (χ3n) is 8.40. The number of pyridine rings is 1. The first-order valence-electron chi connectivity index (χ1n) is 16.1. The van der Waals surface area contributed by atoms with Crippen LogP contribution in [-0.4, -0.2) is 19.1 Å². The van der Waals surface area contributed by atoms with Crippen LogP contribution in [0.1, 0.15) is 50.7 Å². The molecule has 0 saturated heterocycles. The summed E-state index contributed by atoms with van der Waals surface area (Å²) in [7, 11) is 0. The molecule has 0 aliphatic rings. The minimum Gasteiger partial charge on any atom is -0.557 e. The minimum absolute atomic E-state index is 0. The van der Waals surface area contributed by atoms with Crippen LogP contribution in [0.15, 0.2) is 138 Å². The van der Waals surface area contributed by atoms with Crippen LogP contribution in [0.2, 0.25) is 0 Å². The molecule has 48 heavy (non-hydrogen) atoms. The number of imidazole rings is 1. The fourth-order valence-electron chi connectivity index (χ4n) is 6.06. The topological polar surface area (TPSA) is 48.8 Å². The Morgan fingerprint density at radius 1 is 0.729 bits per heavy atom. The van der Waals surface area contributed by atoms with Gasteiger partial charge < -0.3 is 18.5 Å². The monoisotopic (exact) mass is 805 g/mol. The van der Waals surface area contributed by atoms with E-state index in [0.29, 0.717) is 11.8 Å². The van der Waals surface area contributed by atoms with Gasteiger partial charge in [0.1, 0.15) is 0 Å². The van der Waals surface area contributed by atoms with Crippen LogP contribution in [0.5, 0.6) is 0 Å². The second-order valence-corrected chi connectivity index (χ2v) is 12.2. The van der Waals surface area contributed by atoms with Gasteiger partial charge >= 0.3 is 0 Å². The quantitative estimate of drug-likeness (QED) is 0.157. The van der Waals surface area contributed by atoms with E-state index in [0.717, 1.165) is 50.3 Å². The SMILES string of the molecule is CC(C)c1cccc(C(C)C)c1-n1c(-c2[c-]oc3ccc(-n4cccc4)cc23)nc2ccccc21.[Ir].[c-]1ccccc1-c1ccccn1. The summed E-state index contributed by atoms with van der Waals surface area (Å²) in [6.45, 7) is 9.02. The van der Waals surface area contributed by atoms with Crippen LogP contribution in [0.3, 0.4) is 0 Å². The van der Waals surface area contributed by atoms with Crippen LogP contribution in [0, 0.1) is 12.3 Å². The van der Waals surface area contributed by atoms with Gasteiger partial charge in [-0.25, -0.2) is 0 Å². The van der Waals surface area contributed by atoms with E-state index in [1.54, 1.807) is 6.20 Å². The fourth-order valence-corrected chi connectivity index (χ4v) is 6.06. The molecule has 8 aromatic rings. The second-order valence-electron chi connectivity index (χ2n) is 12.2. The summed E-state index contributed by atoms with van der Waals surface area (Å²) >= 11 is 0. The average Bonchev–Trinajstić information content (AvgIpc) is 3.88. The molecule has 0 spiro atoms. The Morgan fingerprint density at radius 2 is 1.46 bits per heavy atom. The van der Waals surface area contributed by atoms with Gasteiger partial charge in [0, 0.05) is 61.9 Å². The van der Waals surface area contributed by atoms with E-state index >= 15 is 0 Å². The Hall–Kier alpha value is -5.03. The van der Waals surface area contributed by atoms with Crippen molar-refractivity contribution >= 4 is 22.0 Å². The number of hydrogen-bond donors (Lipinski definition) is 0. The molecule has 6 heteroatoms. The van der Waals surface area contributed by atoms with Gasteiger partial charge in [0.05, 0.1) is 16.9 Å². The van der Waals surface area contributed by atoms with Gasteiger partial charge in [-0.3, -0.25) is 4.98 Å². The van der Waals surface area contributed by atoms with E-state index in [4.69, 9.17) is 9.40 Å². The first-order valence-corrected chi connectivity index (χ1v) is 16.1. The number of para-hydroxylation sites is 3. The van der Waals surface area contributed by atoms with Crippen molar-refractivity contribution in [2.75, 3.05) is 0 Å². The Balaban J connectivity index is 0.000000260. The molecular weight excluding hydrogens is 769 g/mol. The normalized spacial score (nSPS) is 11.1. The number of hydrogen-bond acceptors (Lipinski definition) is 3. The van der Waals surface area contributed by atoms with E-state index in [1.165, 1.54) is 16.8 Å². The average molecular weight is 805 g/mol. The van der Waals surface area contributed by atoms with Crippen molar-refractivity contribution in [3.8, 4) is 34.0 Å². The van der Waals surface area contributed by atoms with Gasteiger partial charge in [0.25, 0.3) is 0 Å². The molecule has 0 saturated carbocycles. The summed E-state index contributed by atoms with van der Waals surface area (Å²) in [5.41, 5.74) is 10.6. The Kier molecular flexibility index (Phi) is 9.86. The minimum atomic E-state index is 0. The largest absolute Gasteiger partial charge is 0.557 e. The maximum atomic E-state index is 5.93. The van der Waals surface area contributed by atoms with Crippen LogP contribution in [0.4, 0.5) is 0 Å². The Bertz CT molecular complexity index is 2180. The number of fused-ring (bicyclic) bond motifs is 2. The predicted octanol–water partition coefficient (Wildman–Crippen LogP) is 10.8. The molecular formula is C42H36IrN4O-2. The number of nitrogens with zero attached hydrogens (tertiary/aromatic N) is 4. The molecule has 0 bridgehead atoms. The standard InChI is InChI=1S/C31H28N3O.C11H8N.Ir/c1-20(2)23-10-9-11-24(21(3)4)30(23)34-28-13-6-5-12-27(28)32-31(34)26-19-35-29-15-14-22(18-25(26)29)33-16-7-8-17-33;1-2-6-10(7-3-1)11-8-4-5-9-12-11;/h5-18,20-21H,1-4H3;1-6,8-9H;/q2*-1;. The summed E-state index contributed by atoms with van der Waals surface area (Å²) in [6.07, 6.45) is 9.09. The summed E-state index contributed by atoms with van der Waals surface area (Å²) in [5.74, 6) is 1.58. The molecule has 4 aromatic heterocycles. The molecule has 1 radical (unpaired) electrons. The van der Waals surface area contributed by atoms with Gasteiger partial charge in [0.15, 0.2) is 0 Å². The number of rotatable bonds is 6. The summed E-state index contributed by atoms with van der Waals surface area (Å²) in [5, 5.41) is 1.00. The van der Waals surface area contributed by atoms with Crippen molar-refractivity contribution in [1.82, 2.24) is 19.1 Å². The van der Waals surface area contributed by atoms with E-state index in [1.807, 2.05) is 79.1 Å². The zero-order valence-corrected chi connectivity index (χ0v) is 29.8. The van der Waals surface area contributed by atoms with Gasteiger partial charge in [-0.15, -0.1) is 35.9 Å². The second kappa shape index (κ2) is 14.4. The van der Waals surface area contributed by atoms with Crippen molar-refractivity contribution in [1.29, 1.82) is 0 Å². The van der Waals surface area contributed by atoms with Crippen LogP contribution < -0.4 is 0 Å². The molecule has 0 unspecified atom stereocenters. The first-order chi connectivity index (χ1) is 23.0. The Labute approximate surface area is 295 Å². The third kappa shape index (κ3) is 6.42. The van der Waals surface area contributed by atoms with Gasteiger partial charge in [-0.2, -0.15) is 0 Å². The smallest absolute Gasteiger partial charge is 0.0774 e. The zero-order valence-electron chi connectivity index (χ0n) is 27.4. The van der Waals surface area contributed by atoms with E-state index < -0.39 is 0 Å². The molecule has 0 N–H and O–H groups in total. The zero-order chi connectivity index (χ0) is 32.3. The molecule has 0 aliphatic heterocycles. The molecule has 0 aliphatic carbocycles. The van der Waals surface area contributed by atoms with Gasteiger partial charge in [-0.1, -0.05) is 93.2 Å². The van der Waals surface area contributed by atoms with Crippen molar-refractivity contribution in [2.45, 2.75) is 39.5 Å². The van der Waals surface area contributed by atoms with Crippen molar-refractivity contribution in [3.63, 3.8) is 0 Å². The molecule has 0 fully saturated rings. The molecule has 0 atom stereocenters. The van der Waals surface area contributed by atoms with Crippen LogP contribution in [-0.2, 0) is 20.1 Å². The fraction of sp³-hybridized carbons (Fsp3) is 0.143. The number of furan rings is 1.